The minimum absolute atomic E-state index is 0.403. The standard InChI is InChI=1S/C16H25NO/c1-2-17-4-3-14(16(17)18)15-12-6-10-5-11(8-12)9-13(15)7-10/h10-15H,2-9H2,1H3. The fraction of sp³-hybridized carbons (Fsp3) is 0.938. The van der Waals surface area contributed by atoms with E-state index in [1.165, 1.54) is 32.1 Å². The van der Waals surface area contributed by atoms with Gasteiger partial charge in [0.2, 0.25) is 5.91 Å². The van der Waals surface area contributed by atoms with Gasteiger partial charge < -0.3 is 4.90 Å². The molecular weight excluding hydrogens is 222 g/mol. The molecule has 1 saturated heterocycles. The molecule has 0 N–H and O–H groups in total. The second-order valence-electron chi connectivity index (χ2n) is 7.32. The van der Waals surface area contributed by atoms with Crippen LogP contribution >= 0.6 is 0 Å². The molecule has 4 saturated carbocycles. The van der Waals surface area contributed by atoms with Crippen LogP contribution in [-0.4, -0.2) is 23.9 Å². The summed E-state index contributed by atoms with van der Waals surface area (Å²) in [6, 6.07) is 0. The highest BCUT2D eigenvalue weighted by Gasteiger charge is 2.53. The lowest BCUT2D eigenvalue weighted by atomic mass is 9.49. The Bertz CT molecular complexity index is 336. The molecule has 100 valence electrons. The van der Waals surface area contributed by atoms with Crippen LogP contribution in [0.3, 0.4) is 0 Å². The maximum absolute atomic E-state index is 12.5. The molecule has 0 aromatic rings. The van der Waals surface area contributed by atoms with Crippen molar-refractivity contribution in [2.24, 2.45) is 35.5 Å². The molecule has 1 amide bonds. The zero-order valence-electron chi connectivity index (χ0n) is 11.5. The number of hydrogen-bond donors (Lipinski definition) is 0. The van der Waals surface area contributed by atoms with Crippen molar-refractivity contribution < 1.29 is 4.79 Å². The van der Waals surface area contributed by atoms with E-state index in [9.17, 15) is 4.79 Å². The van der Waals surface area contributed by atoms with Gasteiger partial charge in [-0.15, -0.1) is 0 Å². The number of carbonyl (C=O) groups excluding carboxylic acids is 1. The lowest BCUT2D eigenvalue weighted by Gasteiger charge is -2.55. The average molecular weight is 247 g/mol. The number of likely N-dealkylation sites (tertiary alicyclic amines) is 1. The third-order valence-corrected chi connectivity index (χ3v) is 6.48. The molecule has 1 atom stereocenters. The number of hydrogen-bond acceptors (Lipinski definition) is 1. The van der Waals surface area contributed by atoms with E-state index in [1.807, 2.05) is 0 Å². The monoisotopic (exact) mass is 247 g/mol. The Morgan fingerprint density at radius 1 is 1.06 bits per heavy atom. The Labute approximate surface area is 110 Å². The van der Waals surface area contributed by atoms with Gasteiger partial charge >= 0.3 is 0 Å². The SMILES string of the molecule is CCN1CCC(C2C3CC4CC(C3)CC2C4)C1=O. The molecule has 2 nitrogen and oxygen atoms in total. The van der Waals surface area contributed by atoms with Crippen molar-refractivity contribution in [3.8, 4) is 0 Å². The van der Waals surface area contributed by atoms with E-state index in [-0.39, 0.29) is 0 Å². The van der Waals surface area contributed by atoms with E-state index in [0.717, 1.165) is 49.1 Å². The predicted octanol–water partition coefficient (Wildman–Crippen LogP) is 2.93. The largest absolute Gasteiger partial charge is 0.343 e. The molecule has 18 heavy (non-hydrogen) atoms. The second-order valence-corrected chi connectivity index (χ2v) is 7.32. The molecule has 0 spiro atoms. The van der Waals surface area contributed by atoms with Gasteiger partial charge in [0.05, 0.1) is 0 Å². The van der Waals surface area contributed by atoms with Gasteiger partial charge in [0.1, 0.15) is 0 Å². The van der Waals surface area contributed by atoms with Gasteiger partial charge in [-0.25, -0.2) is 0 Å². The smallest absolute Gasteiger partial charge is 0.226 e. The van der Waals surface area contributed by atoms with Crippen molar-refractivity contribution in [3.63, 3.8) is 0 Å². The van der Waals surface area contributed by atoms with Crippen molar-refractivity contribution in [3.05, 3.63) is 0 Å². The van der Waals surface area contributed by atoms with Crippen LogP contribution in [0.5, 0.6) is 0 Å². The summed E-state index contributed by atoms with van der Waals surface area (Å²) in [5, 5.41) is 0. The average Bonchev–Trinajstić information content (AvgIpc) is 2.70. The van der Waals surface area contributed by atoms with Crippen LogP contribution in [0.1, 0.15) is 45.4 Å². The summed E-state index contributed by atoms with van der Waals surface area (Å²) >= 11 is 0. The summed E-state index contributed by atoms with van der Waals surface area (Å²) in [5.41, 5.74) is 0. The quantitative estimate of drug-likeness (QED) is 0.734. The third-order valence-electron chi connectivity index (χ3n) is 6.48. The second kappa shape index (κ2) is 3.98. The first-order chi connectivity index (χ1) is 8.76. The molecule has 5 rings (SSSR count). The van der Waals surface area contributed by atoms with Gasteiger partial charge in [-0.05, 0) is 75.0 Å². The van der Waals surface area contributed by atoms with E-state index in [4.69, 9.17) is 0 Å². The Morgan fingerprint density at radius 3 is 2.17 bits per heavy atom. The summed E-state index contributed by atoms with van der Waals surface area (Å²) in [4.78, 5) is 14.6. The van der Waals surface area contributed by atoms with Crippen molar-refractivity contribution in [1.29, 1.82) is 0 Å². The van der Waals surface area contributed by atoms with E-state index >= 15 is 0 Å². The maximum atomic E-state index is 12.5. The van der Waals surface area contributed by atoms with Gasteiger partial charge in [-0.2, -0.15) is 0 Å². The first kappa shape index (κ1) is 11.3. The molecule has 5 fully saturated rings. The fourth-order valence-corrected chi connectivity index (χ4v) is 6.06. The summed E-state index contributed by atoms with van der Waals surface area (Å²) < 4.78 is 0. The zero-order valence-corrected chi connectivity index (χ0v) is 11.5. The Hall–Kier alpha value is -0.530. The molecular formula is C16H25NO. The molecule has 1 heterocycles. The van der Waals surface area contributed by atoms with Crippen molar-refractivity contribution in [2.75, 3.05) is 13.1 Å². The van der Waals surface area contributed by atoms with E-state index in [0.29, 0.717) is 11.8 Å². The van der Waals surface area contributed by atoms with Gasteiger partial charge in [-0.3, -0.25) is 4.79 Å². The van der Waals surface area contributed by atoms with Gasteiger partial charge in [0.25, 0.3) is 0 Å². The normalized spacial score (nSPS) is 50.3. The van der Waals surface area contributed by atoms with E-state index < -0.39 is 0 Å². The van der Waals surface area contributed by atoms with Gasteiger partial charge in [-0.1, -0.05) is 0 Å². The lowest BCUT2D eigenvalue weighted by Crippen LogP contribution is -2.49. The molecule has 0 radical (unpaired) electrons. The first-order valence-corrected chi connectivity index (χ1v) is 8.05. The van der Waals surface area contributed by atoms with E-state index in [2.05, 4.69) is 11.8 Å². The Kier molecular flexibility index (Phi) is 2.50. The summed E-state index contributed by atoms with van der Waals surface area (Å²) in [6.07, 6.45) is 8.47. The third kappa shape index (κ3) is 1.50. The van der Waals surface area contributed by atoms with Crippen LogP contribution in [0.2, 0.25) is 0 Å². The molecule has 0 aromatic carbocycles. The minimum Gasteiger partial charge on any atom is -0.343 e. The number of carbonyl (C=O) groups is 1. The van der Waals surface area contributed by atoms with Crippen molar-refractivity contribution >= 4 is 5.91 Å². The molecule has 4 bridgehead atoms. The fourth-order valence-electron chi connectivity index (χ4n) is 6.06. The zero-order chi connectivity index (χ0) is 12.3. The maximum Gasteiger partial charge on any atom is 0.226 e. The summed E-state index contributed by atoms with van der Waals surface area (Å²) in [5.74, 6) is 5.54. The van der Waals surface area contributed by atoms with Crippen LogP contribution < -0.4 is 0 Å². The predicted molar refractivity (Wildman–Crippen MR) is 70.9 cm³/mol. The Balaban J connectivity index is 1.57. The van der Waals surface area contributed by atoms with Crippen LogP contribution in [0, 0.1) is 35.5 Å². The van der Waals surface area contributed by atoms with Crippen LogP contribution in [-0.2, 0) is 4.79 Å². The topological polar surface area (TPSA) is 20.3 Å². The minimum atomic E-state index is 0.403. The summed E-state index contributed by atoms with van der Waals surface area (Å²) in [7, 11) is 0. The highest BCUT2D eigenvalue weighted by Crippen LogP contribution is 2.59. The first-order valence-electron chi connectivity index (χ1n) is 8.05. The van der Waals surface area contributed by atoms with E-state index in [1.54, 1.807) is 0 Å². The molecule has 1 aliphatic heterocycles. The number of amides is 1. The van der Waals surface area contributed by atoms with Gasteiger partial charge in [0.15, 0.2) is 0 Å². The van der Waals surface area contributed by atoms with Crippen molar-refractivity contribution in [1.82, 2.24) is 4.90 Å². The lowest BCUT2D eigenvalue weighted by molar-refractivity contribution is -0.138. The van der Waals surface area contributed by atoms with Crippen LogP contribution in [0.15, 0.2) is 0 Å². The van der Waals surface area contributed by atoms with Crippen LogP contribution in [0.4, 0.5) is 0 Å². The molecule has 4 aliphatic carbocycles. The van der Waals surface area contributed by atoms with Gasteiger partial charge in [0, 0.05) is 19.0 Å². The highest BCUT2D eigenvalue weighted by molar-refractivity contribution is 5.81. The number of nitrogens with zero attached hydrogens (tertiary/aromatic N) is 1. The molecule has 0 aromatic heterocycles. The Morgan fingerprint density at radius 2 is 1.67 bits per heavy atom. The molecule has 5 aliphatic rings. The molecule has 2 heteroatoms. The summed E-state index contributed by atoms with van der Waals surface area (Å²) in [6.45, 7) is 4.07. The van der Waals surface area contributed by atoms with Crippen LogP contribution in [0.25, 0.3) is 0 Å². The molecule has 1 unspecified atom stereocenters. The van der Waals surface area contributed by atoms with Crippen molar-refractivity contribution in [2.45, 2.75) is 45.4 Å². The number of rotatable bonds is 2. The highest BCUT2D eigenvalue weighted by atomic mass is 16.2.